The largest absolute Gasteiger partial charge is 0.468 e. The number of nitrogens with zero attached hydrogens (tertiary/aromatic N) is 1. The third-order valence-corrected chi connectivity index (χ3v) is 7.00. The molecule has 0 amide bonds. The van der Waals surface area contributed by atoms with Gasteiger partial charge < -0.3 is 9.40 Å². The van der Waals surface area contributed by atoms with E-state index in [1.54, 1.807) is 24.3 Å². The smallest absolute Gasteiger partial charge is 0.252 e. The molecule has 164 valence electrons. The summed E-state index contributed by atoms with van der Waals surface area (Å²) in [5.41, 5.74) is 1.93. The summed E-state index contributed by atoms with van der Waals surface area (Å²) in [4.78, 5) is 27.3. The van der Waals surface area contributed by atoms with Gasteiger partial charge in [-0.15, -0.1) is 0 Å². The number of hydrogen-bond acceptors (Lipinski definition) is 5. The highest BCUT2D eigenvalue weighted by Crippen LogP contribution is 2.23. The van der Waals surface area contributed by atoms with Crippen molar-refractivity contribution in [3.8, 4) is 0 Å². The molecule has 0 radical (unpaired) electrons. The number of Topliss-reactive ketones (excluding diaryl/α,β-unsaturated/α-hetero) is 1. The van der Waals surface area contributed by atoms with Crippen molar-refractivity contribution in [1.29, 1.82) is 0 Å². The molecule has 0 aliphatic carbocycles. The molecule has 0 aliphatic rings. The Morgan fingerprint density at radius 3 is 2.56 bits per heavy atom. The molecule has 0 spiro atoms. The number of H-pyrrole nitrogens is 1. The minimum Gasteiger partial charge on any atom is -0.468 e. The molecule has 2 aromatic carbocycles. The van der Waals surface area contributed by atoms with Crippen LogP contribution in [0, 0.1) is 6.92 Å². The molecular weight excluding hydrogens is 428 g/mol. The van der Waals surface area contributed by atoms with Gasteiger partial charge in [-0.2, -0.15) is 4.31 Å². The van der Waals surface area contributed by atoms with Crippen LogP contribution in [0.5, 0.6) is 0 Å². The standard InChI is InChI=1S/C24H22N2O5S/c1-16-8-9-19-12-20(24(28)25-23(19)11-16)14-26(15-21-6-4-10-31-21)32(29,30)22-7-3-5-18(13-22)17(2)27/h3-13H,14-15H2,1-2H3,(H,25,28). The molecule has 4 rings (SSSR count). The van der Waals surface area contributed by atoms with Gasteiger partial charge in [0.2, 0.25) is 10.0 Å². The lowest BCUT2D eigenvalue weighted by Crippen LogP contribution is -2.32. The Labute approximate surface area is 185 Å². The van der Waals surface area contributed by atoms with E-state index in [1.165, 1.54) is 35.7 Å². The third-order valence-electron chi connectivity index (χ3n) is 5.22. The number of hydrogen-bond donors (Lipinski definition) is 1. The molecule has 0 unspecified atom stereocenters. The Bertz CT molecular complexity index is 1450. The molecule has 8 heteroatoms. The van der Waals surface area contributed by atoms with E-state index in [-0.39, 0.29) is 29.3 Å². The van der Waals surface area contributed by atoms with Crippen LogP contribution in [0.25, 0.3) is 10.9 Å². The van der Waals surface area contributed by atoms with Crippen LogP contribution in [-0.4, -0.2) is 23.5 Å². The molecule has 0 saturated heterocycles. The molecule has 7 nitrogen and oxygen atoms in total. The van der Waals surface area contributed by atoms with Crippen LogP contribution in [0.3, 0.4) is 0 Å². The Morgan fingerprint density at radius 1 is 1.03 bits per heavy atom. The summed E-state index contributed by atoms with van der Waals surface area (Å²) in [7, 11) is -4.04. The molecular formula is C24H22N2O5S. The first kappa shape index (κ1) is 21.7. The zero-order valence-corrected chi connectivity index (χ0v) is 18.5. The van der Waals surface area contributed by atoms with Crippen molar-refractivity contribution in [3.05, 3.63) is 99.7 Å². The van der Waals surface area contributed by atoms with Crippen molar-refractivity contribution in [2.24, 2.45) is 0 Å². The van der Waals surface area contributed by atoms with E-state index in [1.807, 2.05) is 25.1 Å². The lowest BCUT2D eigenvalue weighted by molar-refractivity contribution is 0.101. The van der Waals surface area contributed by atoms with E-state index >= 15 is 0 Å². The second-order valence-corrected chi connectivity index (χ2v) is 9.59. The topological polar surface area (TPSA) is 100 Å². The van der Waals surface area contributed by atoms with Crippen molar-refractivity contribution < 1.29 is 17.6 Å². The monoisotopic (exact) mass is 450 g/mol. The summed E-state index contributed by atoms with van der Waals surface area (Å²) in [5.74, 6) is 0.199. The predicted molar refractivity (Wildman–Crippen MR) is 121 cm³/mol. The van der Waals surface area contributed by atoms with Gasteiger partial charge in [-0.25, -0.2) is 8.42 Å². The lowest BCUT2D eigenvalue weighted by Gasteiger charge is -2.21. The van der Waals surface area contributed by atoms with Crippen LogP contribution in [-0.2, 0) is 23.1 Å². The zero-order chi connectivity index (χ0) is 22.9. The van der Waals surface area contributed by atoms with Gasteiger partial charge in [0.05, 0.1) is 17.7 Å². The number of ketones is 1. The number of carbonyl (C=O) groups is 1. The number of furan rings is 1. The average Bonchev–Trinajstić information content (AvgIpc) is 3.27. The van der Waals surface area contributed by atoms with Crippen molar-refractivity contribution in [3.63, 3.8) is 0 Å². The molecule has 2 heterocycles. The van der Waals surface area contributed by atoms with Crippen molar-refractivity contribution in [2.75, 3.05) is 0 Å². The van der Waals surface area contributed by atoms with E-state index in [2.05, 4.69) is 4.98 Å². The van der Waals surface area contributed by atoms with Crippen LogP contribution in [0.1, 0.15) is 34.2 Å². The predicted octanol–water partition coefficient (Wildman–Crippen LogP) is 4.02. The molecule has 32 heavy (non-hydrogen) atoms. The highest BCUT2D eigenvalue weighted by Gasteiger charge is 2.27. The minimum absolute atomic E-state index is 0.0235. The number of pyridine rings is 1. The Balaban J connectivity index is 1.78. The lowest BCUT2D eigenvalue weighted by atomic mass is 10.1. The summed E-state index contributed by atoms with van der Waals surface area (Å²) in [6, 6.07) is 16.6. The van der Waals surface area contributed by atoms with Crippen LogP contribution in [0.2, 0.25) is 0 Å². The van der Waals surface area contributed by atoms with Crippen LogP contribution >= 0.6 is 0 Å². The van der Waals surface area contributed by atoms with Gasteiger partial charge in [0.15, 0.2) is 5.78 Å². The van der Waals surface area contributed by atoms with Crippen molar-refractivity contribution >= 4 is 26.7 Å². The van der Waals surface area contributed by atoms with E-state index in [4.69, 9.17) is 4.42 Å². The summed E-state index contributed by atoms with van der Waals surface area (Å²) in [5, 5.41) is 0.805. The van der Waals surface area contributed by atoms with Crippen molar-refractivity contribution in [1.82, 2.24) is 9.29 Å². The minimum atomic E-state index is -4.04. The number of fused-ring (bicyclic) bond motifs is 1. The number of carbonyl (C=O) groups excluding carboxylic acids is 1. The van der Waals surface area contributed by atoms with E-state index in [9.17, 15) is 18.0 Å². The second kappa shape index (κ2) is 8.57. The SMILES string of the molecule is CC(=O)c1cccc(S(=O)(=O)N(Cc2ccco2)Cc2cc3ccc(C)cc3[nH]c2=O)c1. The first-order valence-electron chi connectivity index (χ1n) is 10.00. The maximum atomic E-state index is 13.5. The van der Waals surface area contributed by atoms with Gasteiger partial charge in [-0.3, -0.25) is 9.59 Å². The van der Waals surface area contributed by atoms with Crippen LogP contribution < -0.4 is 5.56 Å². The normalized spacial score (nSPS) is 11.8. The first-order valence-corrected chi connectivity index (χ1v) is 11.4. The van der Waals surface area contributed by atoms with Crippen molar-refractivity contribution in [2.45, 2.75) is 31.8 Å². The molecule has 4 aromatic rings. The quantitative estimate of drug-likeness (QED) is 0.429. The highest BCUT2D eigenvalue weighted by molar-refractivity contribution is 7.89. The van der Waals surface area contributed by atoms with Gasteiger partial charge >= 0.3 is 0 Å². The second-order valence-electron chi connectivity index (χ2n) is 7.65. The molecule has 0 aliphatic heterocycles. The third kappa shape index (κ3) is 4.42. The van der Waals surface area contributed by atoms with Gasteiger partial charge in [0.1, 0.15) is 5.76 Å². The number of aromatic amines is 1. The summed E-state index contributed by atoms with van der Waals surface area (Å²) in [6.07, 6.45) is 1.46. The van der Waals surface area contributed by atoms with E-state index in [0.29, 0.717) is 22.4 Å². The maximum Gasteiger partial charge on any atom is 0.252 e. The summed E-state index contributed by atoms with van der Waals surface area (Å²) < 4.78 is 33.6. The Morgan fingerprint density at radius 2 is 1.84 bits per heavy atom. The summed E-state index contributed by atoms with van der Waals surface area (Å²) in [6.45, 7) is 3.08. The molecule has 2 aromatic heterocycles. The Kier molecular flexibility index (Phi) is 5.82. The Hall–Kier alpha value is -3.49. The zero-order valence-electron chi connectivity index (χ0n) is 17.7. The fraction of sp³-hybridized carbons (Fsp3) is 0.167. The number of nitrogens with one attached hydrogen (secondary N) is 1. The highest BCUT2D eigenvalue weighted by atomic mass is 32.2. The van der Waals surface area contributed by atoms with E-state index in [0.717, 1.165) is 10.9 Å². The van der Waals surface area contributed by atoms with Crippen LogP contribution in [0.4, 0.5) is 0 Å². The van der Waals surface area contributed by atoms with Gasteiger partial charge in [-0.05, 0) is 61.2 Å². The van der Waals surface area contributed by atoms with Crippen LogP contribution in [0.15, 0.2) is 81.0 Å². The van der Waals surface area contributed by atoms with Gasteiger partial charge in [0.25, 0.3) is 5.56 Å². The fourth-order valence-corrected chi connectivity index (χ4v) is 4.93. The number of sulfonamides is 1. The van der Waals surface area contributed by atoms with Gasteiger partial charge in [-0.1, -0.05) is 24.3 Å². The number of aromatic nitrogens is 1. The maximum absolute atomic E-state index is 13.5. The van der Waals surface area contributed by atoms with E-state index < -0.39 is 10.0 Å². The molecule has 1 N–H and O–H groups in total. The fourth-order valence-electron chi connectivity index (χ4n) is 3.49. The summed E-state index contributed by atoms with van der Waals surface area (Å²) >= 11 is 0. The first-order chi connectivity index (χ1) is 15.2. The molecule has 0 saturated carbocycles. The molecule has 0 fully saturated rings. The average molecular weight is 451 g/mol. The molecule has 0 bridgehead atoms. The molecule has 0 atom stereocenters. The van der Waals surface area contributed by atoms with Gasteiger partial charge in [0, 0.05) is 23.2 Å². The number of benzene rings is 2. The number of aryl methyl sites for hydroxylation is 1. The number of rotatable bonds is 7.